The predicted molar refractivity (Wildman–Crippen MR) is 103 cm³/mol. The zero-order valence-corrected chi connectivity index (χ0v) is 15.6. The molecule has 1 aliphatic heterocycles. The van der Waals surface area contributed by atoms with Gasteiger partial charge in [-0.25, -0.2) is 0 Å². The normalized spacial score (nSPS) is 20.5. The Hall–Kier alpha value is -2.14. The van der Waals surface area contributed by atoms with Crippen LogP contribution in [0.5, 0.6) is 0 Å². The Bertz CT molecular complexity index is 898. The van der Waals surface area contributed by atoms with Crippen molar-refractivity contribution in [2.24, 2.45) is 5.92 Å². The molecule has 1 aromatic heterocycles. The highest BCUT2D eigenvalue weighted by Crippen LogP contribution is 2.31. The smallest absolute Gasteiger partial charge is 0.225 e. The van der Waals surface area contributed by atoms with Gasteiger partial charge in [0.25, 0.3) is 0 Å². The molecule has 26 heavy (non-hydrogen) atoms. The summed E-state index contributed by atoms with van der Waals surface area (Å²) in [5.41, 5.74) is 4.01. The lowest BCUT2D eigenvalue weighted by molar-refractivity contribution is -0.133. The number of rotatable bonds is 4. The lowest BCUT2D eigenvalue weighted by Gasteiger charge is -2.33. The van der Waals surface area contributed by atoms with E-state index in [4.69, 9.17) is 0 Å². The van der Waals surface area contributed by atoms with Crippen LogP contribution in [-0.4, -0.2) is 34.9 Å². The Labute approximate surface area is 153 Å². The Morgan fingerprint density at radius 1 is 1.23 bits per heavy atom. The molecule has 0 spiro atoms. The van der Waals surface area contributed by atoms with Crippen molar-refractivity contribution in [1.29, 1.82) is 0 Å². The molecule has 2 aromatic rings. The minimum absolute atomic E-state index is 0.0749. The fraction of sp³-hybridized carbons (Fsp3) is 0.524. The van der Waals surface area contributed by atoms with Crippen LogP contribution in [0.3, 0.4) is 0 Å². The van der Waals surface area contributed by atoms with Crippen molar-refractivity contribution in [3.05, 3.63) is 45.2 Å². The maximum Gasteiger partial charge on any atom is 0.225 e. The van der Waals surface area contributed by atoms with Gasteiger partial charge >= 0.3 is 0 Å². The second kappa shape index (κ2) is 6.88. The quantitative estimate of drug-likeness (QED) is 0.888. The molecule has 1 saturated heterocycles. The molecule has 0 bridgehead atoms. The monoisotopic (exact) mass is 353 g/mol. The highest BCUT2D eigenvalue weighted by atomic mass is 16.2. The number of pyridine rings is 1. The fourth-order valence-corrected chi connectivity index (χ4v) is 4.00. The summed E-state index contributed by atoms with van der Waals surface area (Å²) < 4.78 is 0. The molecule has 1 atom stereocenters. The van der Waals surface area contributed by atoms with Crippen LogP contribution >= 0.6 is 0 Å². The van der Waals surface area contributed by atoms with E-state index < -0.39 is 0 Å². The van der Waals surface area contributed by atoms with E-state index in [1.54, 1.807) is 6.07 Å². The van der Waals surface area contributed by atoms with Crippen molar-refractivity contribution in [2.45, 2.75) is 52.1 Å². The summed E-state index contributed by atoms with van der Waals surface area (Å²) >= 11 is 0. The van der Waals surface area contributed by atoms with Crippen LogP contribution in [0.4, 0.5) is 0 Å². The zero-order valence-electron chi connectivity index (χ0n) is 15.6. The lowest BCUT2D eigenvalue weighted by atomic mass is 10.0. The van der Waals surface area contributed by atoms with Crippen molar-refractivity contribution in [3.63, 3.8) is 0 Å². The standard InChI is InChI=1S/C21H27N3O2/c1-13-5-6-14(2)20-19(13)18(25)10-17(23-20)11-22-16-4-3-9-24(12-16)21(26)15-7-8-15/h5-6,10,15-16,22H,3-4,7-9,11-12H2,1-2H3,(H,23,25)/t16-/m0/s1. The number of nitrogens with zero attached hydrogens (tertiary/aromatic N) is 1. The van der Waals surface area contributed by atoms with Gasteiger partial charge in [-0.2, -0.15) is 0 Å². The number of nitrogens with one attached hydrogen (secondary N) is 2. The molecule has 0 unspecified atom stereocenters. The minimum Gasteiger partial charge on any atom is -0.357 e. The fourth-order valence-electron chi connectivity index (χ4n) is 4.00. The average molecular weight is 353 g/mol. The summed E-state index contributed by atoms with van der Waals surface area (Å²) in [5.74, 6) is 0.624. The van der Waals surface area contributed by atoms with Crippen LogP contribution in [0, 0.1) is 19.8 Å². The minimum atomic E-state index is 0.0749. The van der Waals surface area contributed by atoms with Crippen LogP contribution in [-0.2, 0) is 11.3 Å². The molecule has 5 heteroatoms. The highest BCUT2D eigenvalue weighted by Gasteiger charge is 2.35. The van der Waals surface area contributed by atoms with Gasteiger partial charge in [-0.3, -0.25) is 9.59 Å². The molecule has 1 aliphatic carbocycles. The number of benzene rings is 1. The van der Waals surface area contributed by atoms with E-state index in [2.05, 4.69) is 10.3 Å². The maximum absolute atomic E-state index is 12.5. The van der Waals surface area contributed by atoms with Crippen LogP contribution in [0.2, 0.25) is 0 Å². The van der Waals surface area contributed by atoms with Crippen molar-refractivity contribution < 1.29 is 4.79 Å². The van der Waals surface area contributed by atoms with E-state index in [0.29, 0.717) is 18.5 Å². The van der Waals surface area contributed by atoms with Crippen molar-refractivity contribution >= 4 is 16.8 Å². The molecular formula is C21H27N3O2. The molecule has 2 aliphatic rings. The number of amides is 1. The Morgan fingerprint density at radius 2 is 2.00 bits per heavy atom. The Morgan fingerprint density at radius 3 is 2.77 bits per heavy atom. The van der Waals surface area contributed by atoms with E-state index in [1.807, 2.05) is 30.9 Å². The first-order valence-corrected chi connectivity index (χ1v) is 9.67. The summed E-state index contributed by atoms with van der Waals surface area (Å²) in [4.78, 5) is 30.3. The molecule has 2 heterocycles. The third-order valence-corrected chi connectivity index (χ3v) is 5.70. The van der Waals surface area contributed by atoms with Gasteiger partial charge in [0.15, 0.2) is 5.43 Å². The SMILES string of the molecule is Cc1ccc(C)c2c(=O)cc(CN[C@H]3CCCN(C(=O)C4CC4)C3)[nH]c12. The van der Waals surface area contributed by atoms with E-state index in [1.165, 1.54) is 0 Å². The zero-order chi connectivity index (χ0) is 18.3. The highest BCUT2D eigenvalue weighted by molar-refractivity contribution is 5.84. The van der Waals surface area contributed by atoms with E-state index in [9.17, 15) is 9.59 Å². The van der Waals surface area contributed by atoms with Gasteiger partial charge in [0.05, 0.1) is 5.52 Å². The van der Waals surface area contributed by atoms with Crippen LogP contribution in [0.1, 0.15) is 42.5 Å². The molecule has 5 nitrogen and oxygen atoms in total. The molecular weight excluding hydrogens is 326 g/mol. The Kier molecular flexibility index (Phi) is 4.57. The predicted octanol–water partition coefficient (Wildman–Crippen LogP) is 2.64. The molecule has 138 valence electrons. The number of H-pyrrole nitrogens is 1. The first-order valence-electron chi connectivity index (χ1n) is 9.67. The molecule has 1 amide bonds. The summed E-state index contributed by atoms with van der Waals surface area (Å²) in [6, 6.07) is 6.05. The Balaban J connectivity index is 1.47. The number of hydrogen-bond donors (Lipinski definition) is 2. The first kappa shape index (κ1) is 17.3. The van der Waals surface area contributed by atoms with Gasteiger partial charge in [0, 0.05) is 48.7 Å². The van der Waals surface area contributed by atoms with E-state index in [-0.39, 0.29) is 11.3 Å². The molecule has 1 saturated carbocycles. The summed E-state index contributed by atoms with van der Waals surface area (Å²) in [5, 5.41) is 4.33. The molecule has 2 fully saturated rings. The number of hydrogen-bond acceptors (Lipinski definition) is 3. The number of aryl methyl sites for hydroxylation is 2. The van der Waals surface area contributed by atoms with Crippen LogP contribution in [0.25, 0.3) is 10.9 Å². The average Bonchev–Trinajstić information content (AvgIpc) is 3.47. The van der Waals surface area contributed by atoms with Crippen LogP contribution in [0.15, 0.2) is 23.0 Å². The third kappa shape index (κ3) is 3.40. The van der Waals surface area contributed by atoms with Gasteiger partial charge < -0.3 is 15.2 Å². The first-order chi connectivity index (χ1) is 12.5. The molecule has 4 rings (SSSR count). The van der Waals surface area contributed by atoms with Gasteiger partial charge in [0.1, 0.15) is 0 Å². The summed E-state index contributed by atoms with van der Waals surface area (Å²) in [6.07, 6.45) is 4.24. The lowest BCUT2D eigenvalue weighted by Crippen LogP contribution is -2.48. The van der Waals surface area contributed by atoms with Crippen LogP contribution < -0.4 is 10.7 Å². The molecule has 0 radical (unpaired) electrons. The van der Waals surface area contributed by atoms with Gasteiger partial charge in [0.2, 0.25) is 5.91 Å². The topological polar surface area (TPSA) is 65.2 Å². The van der Waals surface area contributed by atoms with Gasteiger partial charge in [-0.1, -0.05) is 12.1 Å². The second-order valence-corrected chi connectivity index (χ2v) is 7.89. The third-order valence-electron chi connectivity index (χ3n) is 5.70. The molecule has 1 aromatic carbocycles. The summed E-state index contributed by atoms with van der Waals surface area (Å²) in [6.45, 7) is 6.29. The van der Waals surface area contributed by atoms with Gasteiger partial charge in [-0.05, 0) is 50.7 Å². The summed E-state index contributed by atoms with van der Waals surface area (Å²) in [7, 11) is 0. The largest absolute Gasteiger partial charge is 0.357 e. The van der Waals surface area contributed by atoms with Crippen molar-refractivity contribution in [1.82, 2.24) is 15.2 Å². The number of piperidine rings is 1. The number of carbonyl (C=O) groups excluding carboxylic acids is 1. The maximum atomic E-state index is 12.5. The molecule has 2 N–H and O–H groups in total. The van der Waals surface area contributed by atoms with Gasteiger partial charge in [-0.15, -0.1) is 0 Å². The number of fused-ring (bicyclic) bond motifs is 1. The number of carbonyl (C=O) groups is 1. The number of aromatic nitrogens is 1. The number of likely N-dealkylation sites (tertiary alicyclic amines) is 1. The van der Waals surface area contributed by atoms with E-state index in [0.717, 1.165) is 66.5 Å². The van der Waals surface area contributed by atoms with Crippen molar-refractivity contribution in [2.75, 3.05) is 13.1 Å². The second-order valence-electron chi connectivity index (χ2n) is 7.89. The number of aromatic amines is 1. The van der Waals surface area contributed by atoms with E-state index >= 15 is 0 Å². The van der Waals surface area contributed by atoms with Crippen molar-refractivity contribution in [3.8, 4) is 0 Å².